The van der Waals surface area contributed by atoms with E-state index in [0.29, 0.717) is 0 Å². The van der Waals surface area contributed by atoms with Gasteiger partial charge in [-0.3, -0.25) is 0 Å². The van der Waals surface area contributed by atoms with Gasteiger partial charge >= 0.3 is 0 Å². The topological polar surface area (TPSA) is 12.0 Å². The first-order chi connectivity index (χ1) is 8.74. The maximum atomic E-state index is 12.9. The normalized spacial score (nSPS) is 10.8. The van der Waals surface area contributed by atoms with Crippen molar-refractivity contribution in [1.82, 2.24) is 5.32 Å². The number of hydrogen-bond donors (Lipinski definition) is 1. The third kappa shape index (κ3) is 6.10. The van der Waals surface area contributed by atoms with Gasteiger partial charge in [0, 0.05) is 0 Å². The Morgan fingerprint density at radius 2 is 1.72 bits per heavy atom. The third-order valence-corrected chi connectivity index (χ3v) is 2.98. The molecule has 18 heavy (non-hydrogen) atoms. The van der Waals surface area contributed by atoms with E-state index in [0.717, 1.165) is 37.9 Å². The summed E-state index contributed by atoms with van der Waals surface area (Å²) in [6, 6.07) is 4.18. The van der Waals surface area contributed by atoms with Gasteiger partial charge in [-0.25, -0.2) is 8.78 Å². The Morgan fingerprint density at radius 3 is 2.44 bits per heavy atom. The van der Waals surface area contributed by atoms with Crippen molar-refractivity contribution in [3.63, 3.8) is 0 Å². The summed E-state index contributed by atoms with van der Waals surface area (Å²) in [5.41, 5.74) is 0.887. The molecule has 0 unspecified atom stereocenters. The molecule has 0 amide bonds. The standard InChI is InChI=1S/C15H23F2N/c1-2-10-18-11-6-4-3-5-7-13-8-9-14(16)15(17)12-13/h8-9,12,18H,2-7,10-11H2,1H3. The maximum absolute atomic E-state index is 12.9. The minimum Gasteiger partial charge on any atom is -0.317 e. The lowest BCUT2D eigenvalue weighted by atomic mass is 10.1. The Kier molecular flexibility index (Phi) is 7.58. The number of unbranched alkanes of at least 4 members (excludes halogenated alkanes) is 3. The Morgan fingerprint density at radius 1 is 0.944 bits per heavy atom. The highest BCUT2D eigenvalue weighted by molar-refractivity contribution is 5.17. The summed E-state index contributed by atoms with van der Waals surface area (Å²) in [6.07, 6.45) is 6.58. The van der Waals surface area contributed by atoms with E-state index in [-0.39, 0.29) is 0 Å². The second kappa shape index (κ2) is 9.03. The van der Waals surface area contributed by atoms with Crippen LogP contribution in [0.1, 0.15) is 44.6 Å². The van der Waals surface area contributed by atoms with Crippen molar-refractivity contribution in [3.8, 4) is 0 Å². The summed E-state index contributed by atoms with van der Waals surface area (Å²) in [7, 11) is 0. The molecule has 0 aromatic heterocycles. The second-order valence-corrected chi connectivity index (χ2v) is 4.66. The highest BCUT2D eigenvalue weighted by atomic mass is 19.2. The lowest BCUT2D eigenvalue weighted by Gasteiger charge is -2.04. The number of hydrogen-bond acceptors (Lipinski definition) is 1. The van der Waals surface area contributed by atoms with E-state index in [4.69, 9.17) is 0 Å². The zero-order valence-electron chi connectivity index (χ0n) is 11.1. The lowest BCUT2D eigenvalue weighted by Crippen LogP contribution is -2.15. The average Bonchev–Trinajstić information content (AvgIpc) is 2.37. The van der Waals surface area contributed by atoms with Crippen LogP contribution in [-0.4, -0.2) is 13.1 Å². The van der Waals surface area contributed by atoms with E-state index in [9.17, 15) is 8.78 Å². The molecule has 0 fully saturated rings. The average molecular weight is 255 g/mol. The van der Waals surface area contributed by atoms with Gasteiger partial charge in [0.15, 0.2) is 11.6 Å². The number of aryl methyl sites for hydroxylation is 1. The Labute approximate surface area is 109 Å². The van der Waals surface area contributed by atoms with Crippen molar-refractivity contribution < 1.29 is 8.78 Å². The molecule has 0 saturated carbocycles. The molecule has 0 saturated heterocycles. The van der Waals surface area contributed by atoms with Crippen molar-refractivity contribution in [2.45, 2.75) is 45.4 Å². The number of benzene rings is 1. The largest absolute Gasteiger partial charge is 0.317 e. The van der Waals surface area contributed by atoms with Crippen LogP contribution in [0.3, 0.4) is 0 Å². The molecule has 0 spiro atoms. The molecular formula is C15H23F2N. The third-order valence-electron chi connectivity index (χ3n) is 2.98. The molecule has 1 aromatic carbocycles. The molecule has 1 N–H and O–H groups in total. The molecule has 0 aliphatic heterocycles. The fourth-order valence-electron chi connectivity index (χ4n) is 1.93. The van der Waals surface area contributed by atoms with Gasteiger partial charge in [0.2, 0.25) is 0 Å². The van der Waals surface area contributed by atoms with E-state index in [1.54, 1.807) is 6.07 Å². The van der Waals surface area contributed by atoms with Crippen LogP contribution in [0.15, 0.2) is 18.2 Å². The summed E-state index contributed by atoms with van der Waals surface area (Å²) in [5.74, 6) is -1.50. The predicted octanol–water partition coefficient (Wildman–Crippen LogP) is 4.07. The van der Waals surface area contributed by atoms with Gasteiger partial charge in [-0.05, 0) is 56.5 Å². The van der Waals surface area contributed by atoms with Crippen LogP contribution in [0.5, 0.6) is 0 Å². The molecule has 1 rings (SSSR count). The van der Waals surface area contributed by atoms with E-state index in [1.807, 2.05) is 0 Å². The first kappa shape index (κ1) is 15.1. The zero-order valence-corrected chi connectivity index (χ0v) is 11.1. The molecule has 3 heteroatoms. The molecule has 102 valence electrons. The number of rotatable bonds is 9. The molecule has 1 aromatic rings. The van der Waals surface area contributed by atoms with Gasteiger partial charge in [-0.2, -0.15) is 0 Å². The van der Waals surface area contributed by atoms with Crippen LogP contribution in [0.2, 0.25) is 0 Å². The number of nitrogens with one attached hydrogen (secondary N) is 1. The van der Waals surface area contributed by atoms with Crippen LogP contribution >= 0.6 is 0 Å². The quantitative estimate of drug-likeness (QED) is 0.656. The van der Waals surface area contributed by atoms with E-state index in [2.05, 4.69) is 12.2 Å². The van der Waals surface area contributed by atoms with Crippen LogP contribution < -0.4 is 5.32 Å². The number of halogens is 2. The van der Waals surface area contributed by atoms with Crippen LogP contribution in [0.25, 0.3) is 0 Å². The summed E-state index contributed by atoms with van der Waals surface area (Å²) in [4.78, 5) is 0. The van der Waals surface area contributed by atoms with Gasteiger partial charge in [0.25, 0.3) is 0 Å². The highest BCUT2D eigenvalue weighted by Gasteiger charge is 2.02. The zero-order chi connectivity index (χ0) is 13.2. The highest BCUT2D eigenvalue weighted by Crippen LogP contribution is 2.12. The summed E-state index contributed by atoms with van der Waals surface area (Å²) in [6.45, 7) is 4.34. The van der Waals surface area contributed by atoms with Crippen molar-refractivity contribution in [2.75, 3.05) is 13.1 Å². The van der Waals surface area contributed by atoms with Crippen LogP contribution in [0.4, 0.5) is 8.78 Å². The van der Waals surface area contributed by atoms with Gasteiger partial charge in [0.05, 0.1) is 0 Å². The van der Waals surface area contributed by atoms with E-state index < -0.39 is 11.6 Å². The van der Waals surface area contributed by atoms with Gasteiger partial charge < -0.3 is 5.32 Å². The van der Waals surface area contributed by atoms with Crippen molar-refractivity contribution in [1.29, 1.82) is 0 Å². The molecule has 0 atom stereocenters. The lowest BCUT2D eigenvalue weighted by molar-refractivity contribution is 0.506. The summed E-state index contributed by atoms with van der Waals surface area (Å²) < 4.78 is 25.7. The fourth-order valence-corrected chi connectivity index (χ4v) is 1.93. The van der Waals surface area contributed by atoms with Gasteiger partial charge in [-0.15, -0.1) is 0 Å². The minimum absolute atomic E-state index is 0.740. The van der Waals surface area contributed by atoms with Crippen LogP contribution in [0, 0.1) is 11.6 Å². The molecule has 0 radical (unpaired) electrons. The fraction of sp³-hybridized carbons (Fsp3) is 0.600. The summed E-state index contributed by atoms with van der Waals surface area (Å²) >= 11 is 0. The second-order valence-electron chi connectivity index (χ2n) is 4.66. The smallest absolute Gasteiger partial charge is 0.159 e. The Hall–Kier alpha value is -0.960. The predicted molar refractivity (Wildman–Crippen MR) is 71.7 cm³/mol. The SMILES string of the molecule is CCCNCCCCCCc1ccc(F)c(F)c1. The summed E-state index contributed by atoms with van der Waals surface area (Å²) in [5, 5.41) is 3.37. The maximum Gasteiger partial charge on any atom is 0.159 e. The monoisotopic (exact) mass is 255 g/mol. The first-order valence-corrected chi connectivity index (χ1v) is 6.88. The molecule has 0 heterocycles. The van der Waals surface area contributed by atoms with Crippen molar-refractivity contribution in [2.24, 2.45) is 0 Å². The molecule has 1 nitrogen and oxygen atoms in total. The molecule has 0 bridgehead atoms. The Bertz CT molecular complexity index is 339. The molecule has 0 aliphatic carbocycles. The van der Waals surface area contributed by atoms with Crippen molar-refractivity contribution >= 4 is 0 Å². The van der Waals surface area contributed by atoms with Gasteiger partial charge in [-0.1, -0.05) is 25.8 Å². The van der Waals surface area contributed by atoms with E-state index >= 15 is 0 Å². The Balaban J connectivity index is 2.05. The molecule has 0 aliphatic rings. The van der Waals surface area contributed by atoms with Crippen LogP contribution in [-0.2, 0) is 6.42 Å². The minimum atomic E-state index is -0.763. The van der Waals surface area contributed by atoms with Crippen molar-refractivity contribution in [3.05, 3.63) is 35.4 Å². The first-order valence-electron chi connectivity index (χ1n) is 6.88. The van der Waals surface area contributed by atoms with Gasteiger partial charge in [0.1, 0.15) is 0 Å². The van der Waals surface area contributed by atoms with E-state index in [1.165, 1.54) is 31.4 Å². The molecular weight excluding hydrogens is 232 g/mol.